The summed E-state index contributed by atoms with van der Waals surface area (Å²) in [7, 11) is 1.35. The summed E-state index contributed by atoms with van der Waals surface area (Å²) in [5, 5.41) is 0. The predicted molar refractivity (Wildman–Crippen MR) is 50.6 cm³/mol. The van der Waals surface area contributed by atoms with Crippen LogP contribution < -0.4 is 5.73 Å². The van der Waals surface area contributed by atoms with Gasteiger partial charge in [-0.1, -0.05) is 0 Å². The quantitative estimate of drug-likeness (QED) is 0.743. The Bertz CT molecular complexity index is 230. The first-order chi connectivity index (χ1) is 6.96. The van der Waals surface area contributed by atoms with E-state index < -0.39 is 24.4 Å². The van der Waals surface area contributed by atoms with Gasteiger partial charge in [-0.05, 0) is 12.8 Å². The number of carbonyl (C=O) groups is 1. The van der Waals surface area contributed by atoms with Crippen molar-refractivity contribution in [3.63, 3.8) is 0 Å². The fourth-order valence-corrected chi connectivity index (χ4v) is 1.62. The number of hydrogen-bond acceptors (Lipinski definition) is 3. The van der Waals surface area contributed by atoms with Crippen molar-refractivity contribution in [1.82, 2.24) is 4.90 Å². The van der Waals surface area contributed by atoms with Crippen LogP contribution in [0.25, 0.3) is 0 Å². The number of likely N-dealkylation sites (N-methyl/N-ethyl adjacent to an activating group) is 1. The number of alkyl halides is 2. The summed E-state index contributed by atoms with van der Waals surface area (Å²) in [6.45, 7) is 0.244. The van der Waals surface area contributed by atoms with Crippen molar-refractivity contribution in [2.24, 2.45) is 5.73 Å². The molecule has 6 heteroatoms. The Hall–Kier alpha value is -0.750. The smallest absolute Gasteiger partial charge is 0.255 e. The molecule has 0 bridgehead atoms. The number of nitrogens with zero attached hydrogens (tertiary/aromatic N) is 1. The van der Waals surface area contributed by atoms with Gasteiger partial charge in [0.15, 0.2) is 0 Å². The third-order valence-electron chi connectivity index (χ3n) is 2.57. The van der Waals surface area contributed by atoms with Gasteiger partial charge in [-0.2, -0.15) is 0 Å². The topological polar surface area (TPSA) is 55.6 Å². The highest BCUT2D eigenvalue weighted by molar-refractivity contribution is 5.86. The van der Waals surface area contributed by atoms with Gasteiger partial charge in [0.2, 0.25) is 5.91 Å². The first-order valence-corrected chi connectivity index (χ1v) is 4.86. The minimum absolute atomic E-state index is 0.388. The highest BCUT2D eigenvalue weighted by Crippen LogP contribution is 2.20. The van der Waals surface area contributed by atoms with E-state index in [0.717, 1.165) is 4.90 Å². The van der Waals surface area contributed by atoms with Gasteiger partial charge in [0.1, 0.15) is 0 Å². The summed E-state index contributed by atoms with van der Waals surface area (Å²) in [5.74, 6) is -0.425. The molecule has 0 aromatic heterocycles. The Balaban J connectivity index is 2.57. The second kappa shape index (κ2) is 4.85. The van der Waals surface area contributed by atoms with Crippen LogP contribution >= 0.6 is 0 Å². The molecule has 0 aromatic carbocycles. The maximum Gasteiger partial charge on any atom is 0.255 e. The van der Waals surface area contributed by atoms with Crippen molar-refractivity contribution in [3.05, 3.63) is 0 Å². The van der Waals surface area contributed by atoms with Gasteiger partial charge >= 0.3 is 0 Å². The summed E-state index contributed by atoms with van der Waals surface area (Å²) < 4.78 is 29.2. The van der Waals surface area contributed by atoms with E-state index in [-0.39, 0.29) is 0 Å². The van der Waals surface area contributed by atoms with E-state index in [1.54, 1.807) is 0 Å². The average molecular weight is 222 g/mol. The molecule has 0 aromatic rings. The molecule has 1 fully saturated rings. The van der Waals surface area contributed by atoms with E-state index in [9.17, 15) is 13.6 Å². The van der Waals surface area contributed by atoms with Crippen molar-refractivity contribution in [1.29, 1.82) is 0 Å². The van der Waals surface area contributed by atoms with Crippen LogP contribution in [-0.2, 0) is 9.53 Å². The van der Waals surface area contributed by atoms with Crippen LogP contribution in [0.1, 0.15) is 12.8 Å². The summed E-state index contributed by atoms with van der Waals surface area (Å²) in [5.41, 5.74) is 4.84. The number of rotatable bonds is 3. The van der Waals surface area contributed by atoms with Crippen molar-refractivity contribution in [2.75, 3.05) is 26.8 Å². The maximum absolute atomic E-state index is 12.1. The summed E-state index contributed by atoms with van der Waals surface area (Å²) in [6, 6.07) is 0. The van der Waals surface area contributed by atoms with Crippen molar-refractivity contribution >= 4 is 5.91 Å². The van der Waals surface area contributed by atoms with Crippen molar-refractivity contribution in [3.8, 4) is 0 Å². The largest absolute Gasteiger partial charge is 0.381 e. The minimum Gasteiger partial charge on any atom is -0.381 e. The van der Waals surface area contributed by atoms with Crippen LogP contribution in [0.3, 0.4) is 0 Å². The van der Waals surface area contributed by atoms with E-state index in [0.29, 0.717) is 26.1 Å². The summed E-state index contributed by atoms with van der Waals surface area (Å²) >= 11 is 0. The molecule has 1 rings (SSSR count). The normalized spacial score (nSPS) is 20.3. The minimum atomic E-state index is -2.53. The molecule has 1 amide bonds. The molecule has 2 N–H and O–H groups in total. The maximum atomic E-state index is 12.1. The van der Waals surface area contributed by atoms with Gasteiger partial charge in [-0.3, -0.25) is 4.79 Å². The lowest BCUT2D eigenvalue weighted by molar-refractivity contribution is -0.140. The van der Waals surface area contributed by atoms with Crippen LogP contribution in [0.2, 0.25) is 0 Å². The summed E-state index contributed by atoms with van der Waals surface area (Å²) in [4.78, 5) is 12.8. The van der Waals surface area contributed by atoms with E-state index in [2.05, 4.69) is 0 Å². The number of amides is 1. The molecule has 0 spiro atoms. The molecule has 0 radical (unpaired) electrons. The third kappa shape index (κ3) is 3.10. The first-order valence-electron chi connectivity index (χ1n) is 4.86. The zero-order valence-corrected chi connectivity index (χ0v) is 8.71. The van der Waals surface area contributed by atoms with Gasteiger partial charge in [0.05, 0.1) is 12.1 Å². The Kier molecular flexibility index (Phi) is 3.98. The Morgan fingerprint density at radius 2 is 2.07 bits per heavy atom. The lowest BCUT2D eigenvalue weighted by Crippen LogP contribution is -2.57. The molecule has 15 heavy (non-hydrogen) atoms. The lowest BCUT2D eigenvalue weighted by Gasteiger charge is -2.35. The second-order valence-electron chi connectivity index (χ2n) is 3.85. The third-order valence-corrected chi connectivity index (χ3v) is 2.57. The Morgan fingerprint density at radius 3 is 2.53 bits per heavy atom. The molecule has 4 nitrogen and oxygen atoms in total. The highest BCUT2D eigenvalue weighted by Gasteiger charge is 2.38. The van der Waals surface area contributed by atoms with Gasteiger partial charge < -0.3 is 15.4 Å². The monoisotopic (exact) mass is 222 g/mol. The van der Waals surface area contributed by atoms with Crippen LogP contribution in [0.4, 0.5) is 8.78 Å². The number of carbonyl (C=O) groups excluding carboxylic acids is 1. The number of nitrogens with two attached hydrogens (primary N) is 1. The Morgan fingerprint density at radius 1 is 1.53 bits per heavy atom. The molecule has 1 heterocycles. The van der Waals surface area contributed by atoms with Gasteiger partial charge in [0.25, 0.3) is 6.43 Å². The molecular weight excluding hydrogens is 206 g/mol. The zero-order valence-electron chi connectivity index (χ0n) is 8.71. The fourth-order valence-electron chi connectivity index (χ4n) is 1.62. The van der Waals surface area contributed by atoms with Gasteiger partial charge in [0, 0.05) is 20.3 Å². The molecule has 0 aliphatic carbocycles. The predicted octanol–water partition coefficient (Wildman–Crippen LogP) is 0.218. The number of ether oxygens (including phenoxy) is 1. The van der Waals surface area contributed by atoms with E-state index in [1.807, 2.05) is 0 Å². The van der Waals surface area contributed by atoms with Gasteiger partial charge in [-0.25, -0.2) is 8.78 Å². The van der Waals surface area contributed by atoms with Crippen LogP contribution in [0.5, 0.6) is 0 Å². The van der Waals surface area contributed by atoms with Crippen molar-refractivity contribution < 1.29 is 18.3 Å². The number of halogens is 2. The second-order valence-corrected chi connectivity index (χ2v) is 3.85. The van der Waals surface area contributed by atoms with Crippen LogP contribution in [-0.4, -0.2) is 49.6 Å². The van der Waals surface area contributed by atoms with E-state index >= 15 is 0 Å². The summed E-state index contributed by atoms with van der Waals surface area (Å²) in [6.07, 6.45) is -1.75. The van der Waals surface area contributed by atoms with Crippen LogP contribution in [0.15, 0.2) is 0 Å². The average Bonchev–Trinajstić information content (AvgIpc) is 2.16. The molecule has 0 unspecified atom stereocenters. The molecule has 0 saturated carbocycles. The SMILES string of the molecule is CN(CC(F)F)C(=O)C1(N)CCOCC1. The molecule has 88 valence electrons. The molecular formula is C9H16F2N2O2. The van der Waals surface area contributed by atoms with Gasteiger partial charge in [-0.15, -0.1) is 0 Å². The molecule has 0 atom stereocenters. The standard InChI is InChI=1S/C9H16F2N2O2/c1-13(6-7(10)11)8(14)9(12)2-4-15-5-3-9/h7H,2-6,12H2,1H3. The Labute approximate surface area is 87.4 Å². The van der Waals surface area contributed by atoms with E-state index in [4.69, 9.17) is 10.5 Å². The molecule has 1 saturated heterocycles. The highest BCUT2D eigenvalue weighted by atomic mass is 19.3. The first kappa shape index (κ1) is 12.3. The van der Waals surface area contributed by atoms with Crippen molar-refractivity contribution in [2.45, 2.75) is 24.8 Å². The fraction of sp³-hybridized carbons (Fsp3) is 0.889. The number of hydrogen-bond donors (Lipinski definition) is 1. The lowest BCUT2D eigenvalue weighted by atomic mass is 9.90. The van der Waals surface area contributed by atoms with Crippen LogP contribution in [0, 0.1) is 0 Å². The molecule has 1 aliphatic heterocycles. The zero-order chi connectivity index (χ0) is 11.5. The molecule has 1 aliphatic rings. The van der Waals surface area contributed by atoms with E-state index in [1.165, 1.54) is 7.05 Å².